The Labute approximate surface area is 132 Å². The molecule has 2 aliphatic rings. The first-order valence-corrected chi connectivity index (χ1v) is 8.69. The molecule has 0 spiro atoms. The fraction of sp³-hybridized carbons (Fsp3) is 0.812. The van der Waals surface area contributed by atoms with Gasteiger partial charge >= 0.3 is 0 Å². The molecule has 1 aromatic rings. The molecule has 2 heterocycles. The second-order valence-corrected chi connectivity index (χ2v) is 6.58. The predicted octanol–water partition coefficient (Wildman–Crippen LogP) is 1.44. The van der Waals surface area contributed by atoms with Gasteiger partial charge in [0.15, 0.2) is 0 Å². The maximum atomic E-state index is 12.3. The van der Waals surface area contributed by atoms with Crippen molar-refractivity contribution in [2.45, 2.75) is 57.5 Å². The highest BCUT2D eigenvalue weighted by molar-refractivity contribution is 5.78. The van der Waals surface area contributed by atoms with Crippen LogP contribution in [0.2, 0.25) is 0 Å². The van der Waals surface area contributed by atoms with Crippen molar-refractivity contribution >= 4 is 5.91 Å². The van der Waals surface area contributed by atoms with Crippen LogP contribution in [0.15, 0.2) is 12.4 Å². The molecule has 22 heavy (non-hydrogen) atoms. The second-order valence-electron chi connectivity index (χ2n) is 6.58. The Morgan fingerprint density at radius 2 is 2.09 bits per heavy atom. The average Bonchev–Trinajstić information content (AvgIpc) is 3.24. The maximum Gasteiger partial charge on any atom is 0.224 e. The van der Waals surface area contributed by atoms with Gasteiger partial charge in [0.2, 0.25) is 5.91 Å². The molecule has 122 valence electrons. The summed E-state index contributed by atoms with van der Waals surface area (Å²) in [7, 11) is 0. The first kappa shape index (κ1) is 15.5. The van der Waals surface area contributed by atoms with Crippen LogP contribution in [0.25, 0.3) is 0 Å². The lowest BCUT2D eigenvalue weighted by atomic mass is 9.95. The fourth-order valence-electron chi connectivity index (χ4n) is 3.77. The van der Waals surface area contributed by atoms with Crippen LogP contribution in [0.3, 0.4) is 0 Å². The zero-order valence-electron chi connectivity index (χ0n) is 13.3. The molecule has 6 nitrogen and oxygen atoms in total. The molecule has 0 aromatic carbocycles. The minimum absolute atomic E-state index is 0.181. The summed E-state index contributed by atoms with van der Waals surface area (Å²) in [5.74, 6) is 0.419. The van der Waals surface area contributed by atoms with Crippen LogP contribution in [-0.2, 0) is 11.3 Å². The SMILES string of the molecule is O=C(NCCCn1ccnn1)[C@@H]1CCCN(C2CCCC2)C1. The number of hydrogen-bond donors (Lipinski definition) is 1. The highest BCUT2D eigenvalue weighted by atomic mass is 16.1. The zero-order valence-corrected chi connectivity index (χ0v) is 13.3. The lowest BCUT2D eigenvalue weighted by molar-refractivity contribution is -0.127. The van der Waals surface area contributed by atoms with Crippen LogP contribution < -0.4 is 5.32 Å². The van der Waals surface area contributed by atoms with Crippen molar-refractivity contribution in [1.82, 2.24) is 25.2 Å². The Morgan fingerprint density at radius 1 is 1.23 bits per heavy atom. The number of rotatable bonds is 6. The van der Waals surface area contributed by atoms with Gasteiger partial charge in [-0.05, 0) is 38.6 Å². The smallest absolute Gasteiger partial charge is 0.224 e. The van der Waals surface area contributed by atoms with Crippen molar-refractivity contribution in [3.63, 3.8) is 0 Å². The normalized spacial score (nSPS) is 23.7. The Bertz CT molecular complexity index is 455. The van der Waals surface area contributed by atoms with Crippen LogP contribution in [0.1, 0.15) is 44.9 Å². The summed E-state index contributed by atoms with van der Waals surface area (Å²) in [5.41, 5.74) is 0. The van der Waals surface area contributed by atoms with Gasteiger partial charge in [-0.2, -0.15) is 0 Å². The van der Waals surface area contributed by atoms with E-state index in [1.807, 2.05) is 6.20 Å². The van der Waals surface area contributed by atoms with Gasteiger partial charge in [0.25, 0.3) is 0 Å². The minimum Gasteiger partial charge on any atom is -0.356 e. The number of piperidine rings is 1. The Hall–Kier alpha value is -1.43. The molecule has 0 radical (unpaired) electrons. The van der Waals surface area contributed by atoms with Crippen molar-refractivity contribution in [2.75, 3.05) is 19.6 Å². The molecule has 3 rings (SSSR count). The van der Waals surface area contributed by atoms with E-state index in [1.165, 1.54) is 32.2 Å². The first-order valence-electron chi connectivity index (χ1n) is 8.69. The van der Waals surface area contributed by atoms with E-state index in [4.69, 9.17) is 0 Å². The molecule has 1 aliphatic heterocycles. The van der Waals surface area contributed by atoms with Crippen LogP contribution in [0.5, 0.6) is 0 Å². The molecule has 1 saturated carbocycles. The summed E-state index contributed by atoms with van der Waals surface area (Å²) in [5, 5.41) is 10.8. The van der Waals surface area contributed by atoms with E-state index in [-0.39, 0.29) is 11.8 Å². The van der Waals surface area contributed by atoms with Crippen LogP contribution in [0, 0.1) is 5.92 Å². The summed E-state index contributed by atoms with van der Waals surface area (Å²) >= 11 is 0. The molecule has 6 heteroatoms. The van der Waals surface area contributed by atoms with E-state index < -0.39 is 0 Å². The third-order valence-electron chi connectivity index (χ3n) is 5.00. The molecule has 1 aromatic heterocycles. The third kappa shape index (κ3) is 4.06. The monoisotopic (exact) mass is 305 g/mol. The molecular formula is C16H27N5O. The number of carbonyl (C=O) groups is 1. The van der Waals surface area contributed by atoms with Gasteiger partial charge in [0, 0.05) is 31.9 Å². The van der Waals surface area contributed by atoms with E-state index in [0.717, 1.165) is 44.9 Å². The lowest BCUT2D eigenvalue weighted by Gasteiger charge is -2.36. The van der Waals surface area contributed by atoms with E-state index in [9.17, 15) is 4.79 Å². The molecule has 1 atom stereocenters. The summed E-state index contributed by atoms with van der Waals surface area (Å²) in [4.78, 5) is 14.9. The van der Waals surface area contributed by atoms with E-state index in [1.54, 1.807) is 10.9 Å². The van der Waals surface area contributed by atoms with E-state index in [0.29, 0.717) is 0 Å². The Morgan fingerprint density at radius 3 is 2.86 bits per heavy atom. The van der Waals surface area contributed by atoms with Gasteiger partial charge < -0.3 is 5.32 Å². The first-order chi connectivity index (χ1) is 10.8. The fourth-order valence-corrected chi connectivity index (χ4v) is 3.77. The van der Waals surface area contributed by atoms with Gasteiger partial charge in [0.1, 0.15) is 0 Å². The number of aryl methyl sites for hydroxylation is 1. The van der Waals surface area contributed by atoms with Crippen molar-refractivity contribution < 1.29 is 4.79 Å². The molecular weight excluding hydrogens is 278 g/mol. The third-order valence-corrected chi connectivity index (χ3v) is 5.00. The van der Waals surface area contributed by atoms with Gasteiger partial charge in [0.05, 0.1) is 12.1 Å². The number of amides is 1. The predicted molar refractivity (Wildman–Crippen MR) is 84.2 cm³/mol. The lowest BCUT2D eigenvalue weighted by Crippen LogP contribution is -2.46. The van der Waals surface area contributed by atoms with Gasteiger partial charge in [-0.15, -0.1) is 5.10 Å². The van der Waals surface area contributed by atoms with E-state index in [2.05, 4.69) is 20.5 Å². The van der Waals surface area contributed by atoms with Gasteiger partial charge in [-0.25, -0.2) is 0 Å². The molecule has 0 unspecified atom stereocenters. The van der Waals surface area contributed by atoms with E-state index >= 15 is 0 Å². The summed E-state index contributed by atoms with van der Waals surface area (Å²) < 4.78 is 1.80. The topological polar surface area (TPSA) is 63.1 Å². The number of nitrogens with one attached hydrogen (secondary N) is 1. The Balaban J connectivity index is 1.37. The highest BCUT2D eigenvalue weighted by Crippen LogP contribution is 2.27. The Kier molecular flexibility index (Phi) is 5.43. The van der Waals surface area contributed by atoms with Crippen molar-refractivity contribution in [1.29, 1.82) is 0 Å². The molecule has 1 saturated heterocycles. The van der Waals surface area contributed by atoms with Crippen molar-refractivity contribution in [3.8, 4) is 0 Å². The molecule has 1 N–H and O–H groups in total. The molecule has 1 aliphatic carbocycles. The van der Waals surface area contributed by atoms with Crippen LogP contribution in [-0.4, -0.2) is 51.5 Å². The van der Waals surface area contributed by atoms with Crippen LogP contribution in [0.4, 0.5) is 0 Å². The number of likely N-dealkylation sites (tertiary alicyclic amines) is 1. The highest BCUT2D eigenvalue weighted by Gasteiger charge is 2.30. The number of nitrogens with zero attached hydrogens (tertiary/aromatic N) is 4. The van der Waals surface area contributed by atoms with Crippen molar-refractivity contribution in [3.05, 3.63) is 12.4 Å². The summed E-state index contributed by atoms with van der Waals surface area (Å²) in [6, 6.07) is 0.739. The van der Waals surface area contributed by atoms with Crippen molar-refractivity contribution in [2.24, 2.45) is 5.92 Å². The summed E-state index contributed by atoms with van der Waals surface area (Å²) in [6.45, 7) is 3.66. The molecule has 0 bridgehead atoms. The summed E-state index contributed by atoms with van der Waals surface area (Å²) in [6.07, 6.45) is 12.0. The van der Waals surface area contributed by atoms with Gasteiger partial charge in [-0.3, -0.25) is 14.4 Å². The molecule has 2 fully saturated rings. The standard InChI is InChI=1S/C16H27N5O/c22-16(17-8-4-11-21-12-9-18-19-21)14-5-3-10-20(13-14)15-6-1-2-7-15/h9,12,14-15H,1-8,10-11,13H2,(H,17,22)/t14-/m1/s1. The van der Waals surface area contributed by atoms with Crippen LogP contribution >= 0.6 is 0 Å². The molecule has 1 amide bonds. The number of carbonyl (C=O) groups excluding carboxylic acids is 1. The maximum absolute atomic E-state index is 12.3. The quantitative estimate of drug-likeness (QED) is 0.808. The minimum atomic E-state index is 0.181. The number of aromatic nitrogens is 3. The largest absolute Gasteiger partial charge is 0.356 e. The number of hydrogen-bond acceptors (Lipinski definition) is 4. The zero-order chi connectivity index (χ0) is 15.2. The van der Waals surface area contributed by atoms with Gasteiger partial charge in [-0.1, -0.05) is 18.1 Å². The second kappa shape index (κ2) is 7.72. The average molecular weight is 305 g/mol.